The molecule has 0 radical (unpaired) electrons. The number of nitriles is 1. The van der Waals surface area contributed by atoms with Crippen LogP contribution >= 0.6 is 0 Å². The lowest BCUT2D eigenvalue weighted by Gasteiger charge is -2.19. The van der Waals surface area contributed by atoms with E-state index in [2.05, 4.69) is 0 Å². The first-order valence-corrected chi connectivity index (χ1v) is 7.61. The summed E-state index contributed by atoms with van der Waals surface area (Å²) < 4.78 is 37.5. The lowest BCUT2D eigenvalue weighted by Crippen LogP contribution is -2.35. The van der Waals surface area contributed by atoms with Gasteiger partial charge in [-0.3, -0.25) is 4.79 Å². The lowest BCUT2D eigenvalue weighted by atomic mass is 10.1. The molecule has 132 valence electrons. The summed E-state index contributed by atoms with van der Waals surface area (Å²) in [6, 6.07) is 4.74. The number of nitrogens with zero attached hydrogens (tertiary/aromatic N) is 2. The molecular weight excluding hydrogens is 321 g/mol. The number of amides is 1. The SMILES string of the molecule is CC[C@H](N)C(N)=O.N#Cc1cc(C(F)(F)F)ccc1N1CCCC1. The molecule has 1 aliphatic heterocycles. The Kier molecular flexibility index (Phi) is 7.04. The van der Waals surface area contributed by atoms with Gasteiger partial charge in [-0.15, -0.1) is 0 Å². The van der Waals surface area contributed by atoms with Gasteiger partial charge in [-0.05, 0) is 37.5 Å². The second-order valence-electron chi connectivity index (χ2n) is 5.45. The minimum absolute atomic E-state index is 0.0988. The zero-order valence-corrected chi connectivity index (χ0v) is 13.4. The van der Waals surface area contributed by atoms with E-state index in [0.29, 0.717) is 12.1 Å². The molecule has 1 aliphatic rings. The fraction of sp³-hybridized carbons (Fsp3) is 0.500. The minimum Gasteiger partial charge on any atom is -0.370 e. The van der Waals surface area contributed by atoms with Crippen molar-refractivity contribution in [2.45, 2.75) is 38.4 Å². The van der Waals surface area contributed by atoms with Crippen molar-refractivity contribution in [1.29, 1.82) is 5.26 Å². The number of benzene rings is 1. The molecule has 0 spiro atoms. The molecule has 0 unspecified atom stereocenters. The Morgan fingerprint density at radius 3 is 2.33 bits per heavy atom. The number of halogens is 3. The molecule has 1 atom stereocenters. The molecule has 1 saturated heterocycles. The normalized spacial score (nSPS) is 15.2. The number of nitrogens with two attached hydrogens (primary N) is 2. The summed E-state index contributed by atoms with van der Waals surface area (Å²) in [4.78, 5) is 12.0. The Morgan fingerprint density at radius 2 is 1.96 bits per heavy atom. The summed E-state index contributed by atoms with van der Waals surface area (Å²) in [5, 5.41) is 8.92. The van der Waals surface area contributed by atoms with E-state index in [-0.39, 0.29) is 5.56 Å². The standard InChI is InChI=1S/C12H11F3N2.C4H10N2O/c13-12(14,15)10-3-4-11(9(7-10)8-16)17-5-1-2-6-17;1-2-3(5)4(6)7/h3-4,7H,1-2,5-6H2;3H,2,5H2,1H3,(H2,6,7)/t;3-/m.0/s1. The molecule has 5 nitrogen and oxygen atoms in total. The van der Waals surface area contributed by atoms with E-state index < -0.39 is 23.7 Å². The van der Waals surface area contributed by atoms with Crippen molar-refractivity contribution in [2.75, 3.05) is 18.0 Å². The molecule has 24 heavy (non-hydrogen) atoms. The topological polar surface area (TPSA) is 96.1 Å². The number of hydrogen-bond donors (Lipinski definition) is 2. The van der Waals surface area contributed by atoms with E-state index in [4.69, 9.17) is 16.7 Å². The molecule has 1 heterocycles. The Labute approximate surface area is 139 Å². The van der Waals surface area contributed by atoms with Crippen LogP contribution in [0, 0.1) is 11.3 Å². The first-order chi connectivity index (χ1) is 11.2. The predicted octanol–water partition coefficient (Wildman–Crippen LogP) is 2.39. The number of alkyl halides is 3. The van der Waals surface area contributed by atoms with Crippen LogP contribution in [-0.4, -0.2) is 25.0 Å². The quantitative estimate of drug-likeness (QED) is 0.881. The third kappa shape index (κ3) is 5.42. The second-order valence-corrected chi connectivity index (χ2v) is 5.45. The first-order valence-electron chi connectivity index (χ1n) is 7.61. The molecule has 2 rings (SSSR count). The van der Waals surface area contributed by atoms with Gasteiger partial charge in [0.2, 0.25) is 5.91 Å². The first kappa shape index (κ1) is 19.8. The van der Waals surface area contributed by atoms with Crippen molar-refractivity contribution < 1.29 is 18.0 Å². The molecule has 1 aromatic carbocycles. The van der Waals surface area contributed by atoms with Gasteiger partial charge in [0.05, 0.1) is 22.9 Å². The average molecular weight is 342 g/mol. The van der Waals surface area contributed by atoms with Gasteiger partial charge in [-0.2, -0.15) is 18.4 Å². The second kappa shape index (κ2) is 8.55. The van der Waals surface area contributed by atoms with Crippen LogP contribution in [0.4, 0.5) is 18.9 Å². The van der Waals surface area contributed by atoms with E-state index in [1.165, 1.54) is 6.07 Å². The summed E-state index contributed by atoms with van der Waals surface area (Å²) in [6.07, 6.45) is -1.73. The zero-order valence-electron chi connectivity index (χ0n) is 13.4. The van der Waals surface area contributed by atoms with Crippen molar-refractivity contribution in [2.24, 2.45) is 11.5 Å². The smallest absolute Gasteiger partial charge is 0.370 e. The molecule has 0 aromatic heterocycles. The van der Waals surface area contributed by atoms with Gasteiger partial charge in [-0.25, -0.2) is 0 Å². The van der Waals surface area contributed by atoms with Crippen LogP contribution in [-0.2, 0) is 11.0 Å². The summed E-state index contributed by atoms with van der Waals surface area (Å²) in [6.45, 7) is 3.43. The van der Waals surface area contributed by atoms with Gasteiger partial charge < -0.3 is 16.4 Å². The van der Waals surface area contributed by atoms with Crippen molar-refractivity contribution >= 4 is 11.6 Å². The Balaban J connectivity index is 0.000000351. The van der Waals surface area contributed by atoms with E-state index in [9.17, 15) is 18.0 Å². The number of hydrogen-bond acceptors (Lipinski definition) is 4. The highest BCUT2D eigenvalue weighted by Gasteiger charge is 2.31. The number of carbonyl (C=O) groups is 1. The molecule has 0 saturated carbocycles. The largest absolute Gasteiger partial charge is 0.416 e. The highest BCUT2D eigenvalue weighted by molar-refractivity contribution is 5.79. The summed E-state index contributed by atoms with van der Waals surface area (Å²) in [7, 11) is 0. The molecule has 8 heteroatoms. The van der Waals surface area contributed by atoms with Crippen molar-refractivity contribution in [3.05, 3.63) is 29.3 Å². The third-order valence-electron chi connectivity index (χ3n) is 3.70. The monoisotopic (exact) mass is 342 g/mol. The Bertz CT molecular complexity index is 604. The highest BCUT2D eigenvalue weighted by atomic mass is 19.4. The Morgan fingerprint density at radius 1 is 1.38 bits per heavy atom. The fourth-order valence-electron chi connectivity index (χ4n) is 2.24. The fourth-order valence-corrected chi connectivity index (χ4v) is 2.24. The maximum absolute atomic E-state index is 12.5. The zero-order chi connectivity index (χ0) is 18.3. The van der Waals surface area contributed by atoms with Crippen molar-refractivity contribution in [3.63, 3.8) is 0 Å². The van der Waals surface area contributed by atoms with Gasteiger partial charge >= 0.3 is 6.18 Å². The number of rotatable bonds is 3. The third-order valence-corrected chi connectivity index (χ3v) is 3.70. The van der Waals surface area contributed by atoms with Crippen LogP contribution in [0.5, 0.6) is 0 Å². The molecule has 1 fully saturated rings. The van der Waals surface area contributed by atoms with Crippen LogP contribution in [0.3, 0.4) is 0 Å². The summed E-state index contributed by atoms with van der Waals surface area (Å²) in [5.41, 5.74) is 9.87. The van der Waals surface area contributed by atoms with E-state index in [1.54, 1.807) is 0 Å². The highest BCUT2D eigenvalue weighted by Crippen LogP contribution is 2.33. The maximum Gasteiger partial charge on any atom is 0.416 e. The van der Waals surface area contributed by atoms with E-state index in [1.807, 2.05) is 17.9 Å². The van der Waals surface area contributed by atoms with Crippen LogP contribution in [0.2, 0.25) is 0 Å². The molecule has 1 amide bonds. The van der Waals surface area contributed by atoms with Gasteiger partial charge in [-0.1, -0.05) is 6.92 Å². The number of primary amides is 1. The molecular formula is C16H21F3N4O. The van der Waals surface area contributed by atoms with Gasteiger partial charge in [0.25, 0.3) is 0 Å². The average Bonchev–Trinajstić information content (AvgIpc) is 3.07. The molecule has 0 aliphatic carbocycles. The maximum atomic E-state index is 12.5. The van der Waals surface area contributed by atoms with Crippen LogP contribution in [0.15, 0.2) is 18.2 Å². The van der Waals surface area contributed by atoms with Crippen LogP contribution in [0.25, 0.3) is 0 Å². The van der Waals surface area contributed by atoms with Gasteiger partial charge in [0.1, 0.15) is 6.07 Å². The van der Waals surface area contributed by atoms with Crippen molar-refractivity contribution in [3.8, 4) is 6.07 Å². The van der Waals surface area contributed by atoms with E-state index in [0.717, 1.165) is 38.1 Å². The van der Waals surface area contributed by atoms with Crippen molar-refractivity contribution in [1.82, 2.24) is 0 Å². The predicted molar refractivity (Wildman–Crippen MR) is 85.1 cm³/mol. The molecule has 1 aromatic rings. The summed E-state index contributed by atoms with van der Waals surface area (Å²) >= 11 is 0. The minimum atomic E-state index is -4.39. The molecule has 0 bridgehead atoms. The lowest BCUT2D eigenvalue weighted by molar-refractivity contribution is -0.137. The number of carbonyl (C=O) groups excluding carboxylic acids is 1. The van der Waals surface area contributed by atoms with E-state index >= 15 is 0 Å². The number of anilines is 1. The van der Waals surface area contributed by atoms with Crippen LogP contribution in [0.1, 0.15) is 37.3 Å². The molecule has 4 N–H and O–H groups in total. The van der Waals surface area contributed by atoms with Gasteiger partial charge in [0, 0.05) is 13.1 Å². The van der Waals surface area contributed by atoms with Crippen LogP contribution < -0.4 is 16.4 Å². The summed E-state index contributed by atoms with van der Waals surface area (Å²) in [5.74, 6) is -0.428. The Hall–Kier alpha value is -2.27. The van der Waals surface area contributed by atoms with Gasteiger partial charge in [0.15, 0.2) is 0 Å².